The third-order valence-corrected chi connectivity index (χ3v) is 3.81. The van der Waals surface area contributed by atoms with Crippen LogP contribution in [0.25, 0.3) is 27.9 Å². The first-order chi connectivity index (χ1) is 10.8. The Bertz CT molecular complexity index is 979. The molecule has 2 aromatic heterocycles. The first-order valence-electron chi connectivity index (χ1n) is 6.70. The zero-order valence-corrected chi connectivity index (χ0v) is 12.4. The quantitative estimate of drug-likeness (QED) is 0.567. The predicted molar refractivity (Wildman–Crippen MR) is 85.3 cm³/mol. The highest BCUT2D eigenvalue weighted by molar-refractivity contribution is 6.35. The Labute approximate surface area is 131 Å². The van der Waals surface area contributed by atoms with Gasteiger partial charge in [0, 0.05) is 10.9 Å². The second-order valence-electron chi connectivity index (χ2n) is 4.81. The summed E-state index contributed by atoms with van der Waals surface area (Å²) in [5.41, 5.74) is 2.38. The monoisotopic (exact) mass is 310 g/mol. The summed E-state index contributed by atoms with van der Waals surface area (Å²) in [4.78, 5) is 8.97. The standard InChI is InChI=1S/C16H11ClN4O/c1-22-11-7-5-10(6-8-11)15-19-16-12-3-2-4-13(17)14(12)18-9-21(16)20-15/h2-9H,1H3. The molecule has 0 N–H and O–H groups in total. The van der Waals surface area contributed by atoms with Crippen LogP contribution in [0.3, 0.4) is 0 Å². The number of ether oxygens (including phenoxy) is 1. The fourth-order valence-corrected chi connectivity index (χ4v) is 2.61. The number of halogens is 1. The van der Waals surface area contributed by atoms with E-state index in [0.29, 0.717) is 10.8 Å². The van der Waals surface area contributed by atoms with Crippen molar-refractivity contribution in [2.45, 2.75) is 0 Å². The van der Waals surface area contributed by atoms with Gasteiger partial charge in [0.25, 0.3) is 0 Å². The molecular formula is C16H11ClN4O. The van der Waals surface area contributed by atoms with E-state index >= 15 is 0 Å². The Balaban J connectivity index is 1.93. The third kappa shape index (κ3) is 1.98. The highest BCUT2D eigenvalue weighted by atomic mass is 35.5. The van der Waals surface area contributed by atoms with Crippen LogP contribution in [0.2, 0.25) is 5.02 Å². The maximum absolute atomic E-state index is 6.18. The van der Waals surface area contributed by atoms with E-state index in [0.717, 1.165) is 27.9 Å². The molecular weight excluding hydrogens is 300 g/mol. The van der Waals surface area contributed by atoms with Gasteiger partial charge in [0.15, 0.2) is 11.5 Å². The van der Waals surface area contributed by atoms with E-state index in [-0.39, 0.29) is 0 Å². The average Bonchev–Trinajstić information content (AvgIpc) is 3.00. The molecule has 0 unspecified atom stereocenters. The second kappa shape index (κ2) is 4.96. The Hall–Kier alpha value is -2.66. The molecule has 2 aromatic carbocycles. The van der Waals surface area contributed by atoms with Crippen molar-refractivity contribution in [2.75, 3.05) is 7.11 Å². The van der Waals surface area contributed by atoms with Crippen molar-refractivity contribution in [1.29, 1.82) is 0 Å². The average molecular weight is 311 g/mol. The molecule has 4 rings (SSSR count). The largest absolute Gasteiger partial charge is 0.497 e. The fraction of sp³-hybridized carbons (Fsp3) is 0.0625. The third-order valence-electron chi connectivity index (χ3n) is 3.50. The molecule has 0 amide bonds. The minimum Gasteiger partial charge on any atom is -0.497 e. The van der Waals surface area contributed by atoms with E-state index < -0.39 is 0 Å². The number of methoxy groups -OCH3 is 1. The van der Waals surface area contributed by atoms with Crippen molar-refractivity contribution in [3.63, 3.8) is 0 Å². The van der Waals surface area contributed by atoms with Gasteiger partial charge < -0.3 is 4.74 Å². The summed E-state index contributed by atoms with van der Waals surface area (Å²) < 4.78 is 6.83. The van der Waals surface area contributed by atoms with Crippen LogP contribution in [0.5, 0.6) is 5.75 Å². The number of fused-ring (bicyclic) bond motifs is 3. The van der Waals surface area contributed by atoms with Crippen LogP contribution < -0.4 is 4.74 Å². The molecule has 0 radical (unpaired) electrons. The van der Waals surface area contributed by atoms with Crippen molar-refractivity contribution in [3.8, 4) is 17.1 Å². The van der Waals surface area contributed by atoms with Gasteiger partial charge in [-0.1, -0.05) is 17.7 Å². The molecule has 0 bridgehead atoms. The van der Waals surface area contributed by atoms with Crippen molar-refractivity contribution in [3.05, 3.63) is 53.8 Å². The van der Waals surface area contributed by atoms with Crippen LogP contribution in [0.1, 0.15) is 0 Å². The van der Waals surface area contributed by atoms with Crippen molar-refractivity contribution < 1.29 is 4.74 Å². The van der Waals surface area contributed by atoms with Gasteiger partial charge >= 0.3 is 0 Å². The topological polar surface area (TPSA) is 52.3 Å². The summed E-state index contributed by atoms with van der Waals surface area (Å²) in [5, 5.41) is 5.96. The van der Waals surface area contributed by atoms with Gasteiger partial charge in [-0.25, -0.2) is 14.5 Å². The van der Waals surface area contributed by atoms with Gasteiger partial charge in [0.2, 0.25) is 0 Å². The molecule has 0 aliphatic carbocycles. The number of hydrogen-bond acceptors (Lipinski definition) is 4. The fourth-order valence-electron chi connectivity index (χ4n) is 2.39. The van der Waals surface area contributed by atoms with E-state index in [1.165, 1.54) is 0 Å². The van der Waals surface area contributed by atoms with Crippen LogP contribution in [0, 0.1) is 0 Å². The molecule has 0 atom stereocenters. The molecule has 108 valence electrons. The predicted octanol–water partition coefficient (Wildman–Crippen LogP) is 3.61. The Kier molecular flexibility index (Phi) is 2.94. The van der Waals surface area contributed by atoms with E-state index in [4.69, 9.17) is 16.3 Å². The lowest BCUT2D eigenvalue weighted by Crippen LogP contribution is -1.91. The molecule has 22 heavy (non-hydrogen) atoms. The van der Waals surface area contributed by atoms with Gasteiger partial charge in [0.1, 0.15) is 12.1 Å². The van der Waals surface area contributed by atoms with Gasteiger partial charge in [-0.05, 0) is 36.4 Å². The van der Waals surface area contributed by atoms with Crippen molar-refractivity contribution in [2.24, 2.45) is 0 Å². The van der Waals surface area contributed by atoms with Crippen LogP contribution in [0.15, 0.2) is 48.8 Å². The number of para-hydroxylation sites is 1. The molecule has 0 saturated carbocycles. The molecule has 6 heteroatoms. The zero-order chi connectivity index (χ0) is 15.1. The number of rotatable bonds is 2. The molecule has 0 aliphatic rings. The smallest absolute Gasteiger partial charge is 0.182 e. The van der Waals surface area contributed by atoms with Gasteiger partial charge in [0.05, 0.1) is 17.6 Å². The summed E-state index contributed by atoms with van der Waals surface area (Å²) in [6.07, 6.45) is 1.63. The number of aromatic nitrogens is 4. The highest BCUT2D eigenvalue weighted by Gasteiger charge is 2.11. The summed E-state index contributed by atoms with van der Waals surface area (Å²) in [6.45, 7) is 0. The first kappa shape index (κ1) is 13.0. The lowest BCUT2D eigenvalue weighted by atomic mass is 10.2. The Morgan fingerprint density at radius 1 is 1.09 bits per heavy atom. The van der Waals surface area contributed by atoms with E-state index in [1.807, 2.05) is 42.5 Å². The van der Waals surface area contributed by atoms with Gasteiger partial charge in [-0.15, -0.1) is 5.10 Å². The van der Waals surface area contributed by atoms with Gasteiger partial charge in [-0.3, -0.25) is 0 Å². The van der Waals surface area contributed by atoms with Gasteiger partial charge in [-0.2, -0.15) is 0 Å². The van der Waals surface area contributed by atoms with Crippen molar-refractivity contribution >= 4 is 28.2 Å². The minimum atomic E-state index is 0.606. The van der Waals surface area contributed by atoms with Crippen LogP contribution in [-0.4, -0.2) is 26.7 Å². The maximum Gasteiger partial charge on any atom is 0.182 e. The summed E-state index contributed by atoms with van der Waals surface area (Å²) in [6, 6.07) is 13.3. The number of hydrogen-bond donors (Lipinski definition) is 0. The highest BCUT2D eigenvalue weighted by Crippen LogP contribution is 2.26. The molecule has 4 aromatic rings. The number of nitrogens with zero attached hydrogens (tertiary/aromatic N) is 4. The lowest BCUT2D eigenvalue weighted by Gasteiger charge is -1.99. The second-order valence-corrected chi connectivity index (χ2v) is 5.22. The molecule has 2 heterocycles. The SMILES string of the molecule is COc1ccc(-c2nc3c4cccc(Cl)c4ncn3n2)cc1. The Morgan fingerprint density at radius 3 is 2.68 bits per heavy atom. The minimum absolute atomic E-state index is 0.606. The molecule has 0 saturated heterocycles. The van der Waals surface area contributed by atoms with Crippen LogP contribution >= 0.6 is 11.6 Å². The summed E-state index contributed by atoms with van der Waals surface area (Å²) >= 11 is 6.18. The molecule has 0 aliphatic heterocycles. The maximum atomic E-state index is 6.18. The van der Waals surface area contributed by atoms with E-state index in [9.17, 15) is 0 Å². The molecule has 5 nitrogen and oxygen atoms in total. The van der Waals surface area contributed by atoms with E-state index in [2.05, 4.69) is 15.1 Å². The molecule has 0 spiro atoms. The van der Waals surface area contributed by atoms with E-state index in [1.54, 1.807) is 18.0 Å². The van der Waals surface area contributed by atoms with Crippen LogP contribution in [-0.2, 0) is 0 Å². The summed E-state index contributed by atoms with van der Waals surface area (Å²) in [5.74, 6) is 1.43. The lowest BCUT2D eigenvalue weighted by molar-refractivity contribution is 0.415. The normalized spacial score (nSPS) is 11.2. The first-order valence-corrected chi connectivity index (χ1v) is 7.08. The zero-order valence-electron chi connectivity index (χ0n) is 11.7. The van der Waals surface area contributed by atoms with Crippen molar-refractivity contribution in [1.82, 2.24) is 19.6 Å². The Morgan fingerprint density at radius 2 is 1.91 bits per heavy atom. The molecule has 0 fully saturated rings. The number of benzene rings is 2. The van der Waals surface area contributed by atoms with Crippen LogP contribution in [0.4, 0.5) is 0 Å². The summed E-state index contributed by atoms with van der Waals surface area (Å²) in [7, 11) is 1.64.